The molecule has 0 aromatic heterocycles. The highest BCUT2D eigenvalue weighted by Crippen LogP contribution is 2.13. The Bertz CT molecular complexity index is 680. The van der Waals surface area contributed by atoms with Gasteiger partial charge in [0.2, 0.25) is 5.91 Å². The maximum Gasteiger partial charge on any atom is 0.308 e. The predicted octanol–water partition coefficient (Wildman–Crippen LogP) is 1.22. The first kappa shape index (κ1) is 19.3. The maximum absolute atomic E-state index is 12.3. The smallest absolute Gasteiger partial charge is 0.308 e. The first-order valence-electron chi connectivity index (χ1n) is 7.73. The molecule has 1 saturated heterocycles. The molecule has 1 heterocycles. The number of halogens is 1. The Kier molecular flexibility index (Phi) is 6.89. The number of hydrogen-bond donors (Lipinski definition) is 2. The van der Waals surface area contributed by atoms with Crippen molar-refractivity contribution in [2.24, 2.45) is 0 Å². The molecule has 134 valence electrons. The van der Waals surface area contributed by atoms with E-state index >= 15 is 0 Å². The fraction of sp³-hybridized carbons (Fsp3) is 0.375. The van der Waals surface area contributed by atoms with Crippen LogP contribution < -0.4 is 10.6 Å². The maximum atomic E-state index is 12.3. The third-order valence-corrected chi connectivity index (χ3v) is 4.45. The van der Waals surface area contributed by atoms with Crippen molar-refractivity contribution in [2.75, 3.05) is 19.7 Å². The van der Waals surface area contributed by atoms with E-state index in [1.807, 2.05) is 0 Å². The lowest BCUT2D eigenvalue weighted by Gasteiger charge is -2.36. The van der Waals surface area contributed by atoms with Crippen LogP contribution in [0.4, 0.5) is 0 Å². The second kappa shape index (κ2) is 8.91. The van der Waals surface area contributed by atoms with Crippen LogP contribution in [0.3, 0.4) is 0 Å². The number of rotatable bonds is 4. The normalized spacial score (nSPS) is 16.8. The van der Waals surface area contributed by atoms with Crippen molar-refractivity contribution < 1.29 is 19.1 Å². The average Bonchev–Trinajstić information content (AvgIpc) is 2.57. The topological polar surface area (TPSA) is 87.7 Å². The lowest BCUT2D eigenvalue weighted by Crippen LogP contribution is -2.60. The molecule has 1 aliphatic heterocycles. The third kappa shape index (κ3) is 5.23. The molecular weight excluding hydrogens is 410 g/mol. The molecule has 1 aliphatic rings. The van der Waals surface area contributed by atoms with Crippen LogP contribution in [0, 0.1) is 0 Å². The van der Waals surface area contributed by atoms with Gasteiger partial charge in [-0.25, -0.2) is 0 Å². The largest absolute Gasteiger partial charge is 0.466 e. The van der Waals surface area contributed by atoms with Gasteiger partial charge in [-0.3, -0.25) is 19.7 Å². The molecule has 0 aliphatic carbocycles. The monoisotopic (exact) mass is 427 g/mol. The predicted molar refractivity (Wildman–Crippen MR) is 99.0 cm³/mol. The zero-order valence-corrected chi connectivity index (χ0v) is 16.0. The van der Waals surface area contributed by atoms with Gasteiger partial charge in [-0.2, -0.15) is 0 Å². The summed E-state index contributed by atoms with van der Waals surface area (Å²) < 4.78 is 5.76. The van der Waals surface area contributed by atoms with Crippen LogP contribution in [0.5, 0.6) is 0 Å². The standard InChI is InChI=1S/C16H18BrN3O4S/c1-2-24-13(21)9-12-15(23)18-7-8-20(12)16(25)19-14(22)10-3-5-11(17)6-4-10/h3-6,12H,2,7-9H2,1H3,(H,18,23)(H,19,22,25). The van der Waals surface area contributed by atoms with Gasteiger partial charge in [0.1, 0.15) is 6.04 Å². The molecule has 2 amide bonds. The summed E-state index contributed by atoms with van der Waals surface area (Å²) in [5.74, 6) is -1.19. The van der Waals surface area contributed by atoms with Crippen molar-refractivity contribution in [2.45, 2.75) is 19.4 Å². The van der Waals surface area contributed by atoms with Gasteiger partial charge in [0.25, 0.3) is 5.91 Å². The highest BCUT2D eigenvalue weighted by Gasteiger charge is 2.34. The Morgan fingerprint density at radius 1 is 1.40 bits per heavy atom. The zero-order chi connectivity index (χ0) is 18.4. The second-order valence-corrected chi connectivity index (χ2v) is 6.58. The Balaban J connectivity index is 2.06. The van der Waals surface area contributed by atoms with Gasteiger partial charge in [0.05, 0.1) is 13.0 Å². The number of thiocarbonyl (C=S) groups is 1. The summed E-state index contributed by atoms with van der Waals surface area (Å²) in [6.07, 6.45) is -0.131. The molecular formula is C16H18BrN3O4S. The van der Waals surface area contributed by atoms with E-state index < -0.39 is 12.0 Å². The van der Waals surface area contributed by atoms with E-state index in [9.17, 15) is 14.4 Å². The van der Waals surface area contributed by atoms with Gasteiger partial charge >= 0.3 is 5.97 Å². The minimum atomic E-state index is -0.800. The number of benzene rings is 1. The van der Waals surface area contributed by atoms with E-state index in [0.29, 0.717) is 18.7 Å². The minimum Gasteiger partial charge on any atom is -0.466 e. The molecule has 2 N–H and O–H groups in total. The Morgan fingerprint density at radius 2 is 2.08 bits per heavy atom. The van der Waals surface area contributed by atoms with Gasteiger partial charge in [-0.15, -0.1) is 0 Å². The van der Waals surface area contributed by atoms with Crippen molar-refractivity contribution in [3.63, 3.8) is 0 Å². The number of piperazine rings is 1. The van der Waals surface area contributed by atoms with Crippen molar-refractivity contribution >= 4 is 51.0 Å². The first-order chi connectivity index (χ1) is 11.9. The van der Waals surface area contributed by atoms with E-state index in [1.54, 1.807) is 36.1 Å². The summed E-state index contributed by atoms with van der Waals surface area (Å²) >= 11 is 8.58. The van der Waals surface area contributed by atoms with Crippen LogP contribution in [0.15, 0.2) is 28.7 Å². The molecule has 1 aromatic rings. The summed E-state index contributed by atoms with van der Waals surface area (Å²) in [7, 11) is 0. The fourth-order valence-corrected chi connectivity index (χ4v) is 2.96. The zero-order valence-electron chi connectivity index (χ0n) is 13.6. The minimum absolute atomic E-state index is 0.108. The molecule has 0 spiro atoms. The van der Waals surface area contributed by atoms with Gasteiger partial charge in [0.15, 0.2) is 5.11 Å². The summed E-state index contributed by atoms with van der Waals surface area (Å²) in [5.41, 5.74) is 0.439. The second-order valence-electron chi connectivity index (χ2n) is 5.28. The Labute approximate surface area is 159 Å². The van der Waals surface area contributed by atoms with Crippen molar-refractivity contribution in [1.82, 2.24) is 15.5 Å². The van der Waals surface area contributed by atoms with Gasteiger partial charge in [-0.1, -0.05) is 15.9 Å². The number of carbonyl (C=O) groups is 3. The van der Waals surface area contributed by atoms with Crippen LogP contribution >= 0.6 is 28.1 Å². The summed E-state index contributed by atoms with van der Waals surface area (Å²) in [6.45, 7) is 2.71. The lowest BCUT2D eigenvalue weighted by atomic mass is 10.1. The fourth-order valence-electron chi connectivity index (χ4n) is 2.38. The number of carbonyl (C=O) groups excluding carboxylic acids is 3. The number of hydrogen-bond acceptors (Lipinski definition) is 5. The highest BCUT2D eigenvalue weighted by atomic mass is 79.9. The third-order valence-electron chi connectivity index (χ3n) is 3.58. The Morgan fingerprint density at radius 3 is 2.72 bits per heavy atom. The van der Waals surface area contributed by atoms with Crippen LogP contribution in [0.1, 0.15) is 23.7 Å². The summed E-state index contributed by atoms with van der Waals surface area (Å²) in [6, 6.07) is 6.00. The molecule has 1 fully saturated rings. The van der Waals surface area contributed by atoms with E-state index in [2.05, 4.69) is 26.6 Å². The molecule has 2 rings (SSSR count). The summed E-state index contributed by atoms with van der Waals surface area (Å²) in [4.78, 5) is 37.7. The molecule has 0 radical (unpaired) electrons. The Hall–Kier alpha value is -2.00. The van der Waals surface area contributed by atoms with E-state index in [0.717, 1.165) is 4.47 Å². The van der Waals surface area contributed by atoms with Crippen LogP contribution in [0.2, 0.25) is 0 Å². The number of esters is 1. The SMILES string of the molecule is CCOC(=O)CC1C(=O)NCCN1C(=S)NC(=O)c1ccc(Br)cc1. The van der Waals surface area contributed by atoms with Crippen LogP contribution in [-0.4, -0.2) is 53.5 Å². The molecule has 1 atom stereocenters. The van der Waals surface area contributed by atoms with Crippen molar-refractivity contribution in [3.05, 3.63) is 34.3 Å². The summed E-state index contributed by atoms with van der Waals surface area (Å²) in [5, 5.41) is 5.41. The average molecular weight is 428 g/mol. The molecule has 7 nitrogen and oxygen atoms in total. The number of nitrogens with one attached hydrogen (secondary N) is 2. The quantitative estimate of drug-likeness (QED) is 0.554. The van der Waals surface area contributed by atoms with Gasteiger partial charge in [-0.05, 0) is 43.4 Å². The number of amides is 2. The first-order valence-corrected chi connectivity index (χ1v) is 8.93. The molecule has 1 unspecified atom stereocenters. The van der Waals surface area contributed by atoms with Crippen molar-refractivity contribution in [3.8, 4) is 0 Å². The number of ether oxygens (including phenoxy) is 1. The molecule has 9 heteroatoms. The lowest BCUT2D eigenvalue weighted by molar-refractivity contribution is -0.147. The van der Waals surface area contributed by atoms with Crippen molar-refractivity contribution in [1.29, 1.82) is 0 Å². The van der Waals surface area contributed by atoms with Gasteiger partial charge < -0.3 is 15.0 Å². The van der Waals surface area contributed by atoms with Gasteiger partial charge in [0, 0.05) is 23.1 Å². The molecule has 25 heavy (non-hydrogen) atoms. The van der Waals surface area contributed by atoms with E-state index in [-0.39, 0.29) is 30.0 Å². The number of nitrogens with zero attached hydrogens (tertiary/aromatic N) is 1. The van der Waals surface area contributed by atoms with Crippen LogP contribution in [0.25, 0.3) is 0 Å². The molecule has 1 aromatic carbocycles. The van der Waals surface area contributed by atoms with E-state index in [4.69, 9.17) is 17.0 Å². The molecule has 0 bridgehead atoms. The molecule has 0 saturated carbocycles. The van der Waals surface area contributed by atoms with Crippen LogP contribution in [-0.2, 0) is 14.3 Å². The highest BCUT2D eigenvalue weighted by molar-refractivity contribution is 9.10. The van der Waals surface area contributed by atoms with E-state index in [1.165, 1.54) is 0 Å².